The van der Waals surface area contributed by atoms with Crippen molar-refractivity contribution in [1.29, 1.82) is 0 Å². The lowest BCUT2D eigenvalue weighted by Gasteiger charge is -2.25. The van der Waals surface area contributed by atoms with Gasteiger partial charge in [0.25, 0.3) is 0 Å². The first kappa shape index (κ1) is 7.38. The van der Waals surface area contributed by atoms with E-state index in [9.17, 15) is 0 Å². The third kappa shape index (κ3) is 2.16. The molecule has 0 aliphatic carbocycles. The Morgan fingerprint density at radius 1 is 1.56 bits per heavy atom. The third-order valence-corrected chi connectivity index (χ3v) is 2.01. The molecule has 1 rings (SSSR count). The highest BCUT2D eigenvalue weighted by molar-refractivity contribution is 7.81. The highest BCUT2D eigenvalue weighted by Crippen LogP contribution is 2.10. The van der Waals surface area contributed by atoms with E-state index in [0.717, 1.165) is 19.5 Å². The van der Waals surface area contributed by atoms with Crippen LogP contribution < -0.4 is 5.32 Å². The summed E-state index contributed by atoms with van der Waals surface area (Å²) in [6.07, 6.45) is 1.45. The van der Waals surface area contributed by atoms with E-state index in [4.69, 9.17) is 4.74 Å². The molecule has 0 spiro atoms. The van der Waals surface area contributed by atoms with Gasteiger partial charge < -0.3 is 10.1 Å². The van der Waals surface area contributed by atoms with Crippen molar-refractivity contribution in [2.45, 2.75) is 17.8 Å². The molecule has 0 aromatic carbocycles. The number of rotatable bonds is 1. The van der Waals surface area contributed by atoms with Gasteiger partial charge in [-0.15, -0.1) is 0 Å². The van der Waals surface area contributed by atoms with Crippen molar-refractivity contribution in [1.82, 2.24) is 5.32 Å². The molecule has 0 bridgehead atoms. The maximum absolute atomic E-state index is 5.15. The minimum atomic E-state index is 0.376. The highest BCUT2D eigenvalue weighted by atomic mass is 32.1. The lowest BCUT2D eigenvalue weighted by Crippen LogP contribution is -2.40. The standard InChI is InChI=1S/C6H13NOS/c1-8-5-2-6(9)4-7-3-5/h5-7,9H,2-4H2,1H3/t5-,6+/m1/s1. The van der Waals surface area contributed by atoms with Crippen molar-refractivity contribution in [3.05, 3.63) is 0 Å². The fourth-order valence-corrected chi connectivity index (χ4v) is 1.42. The summed E-state index contributed by atoms with van der Waals surface area (Å²) in [7, 11) is 1.75. The van der Waals surface area contributed by atoms with Crippen LogP contribution in [0.4, 0.5) is 0 Å². The van der Waals surface area contributed by atoms with Crippen LogP contribution in [0.1, 0.15) is 6.42 Å². The van der Waals surface area contributed by atoms with Crippen LogP contribution in [0.25, 0.3) is 0 Å². The Bertz CT molecular complexity index is 89.1. The number of thiol groups is 1. The number of ether oxygens (including phenoxy) is 1. The summed E-state index contributed by atoms with van der Waals surface area (Å²) >= 11 is 4.33. The van der Waals surface area contributed by atoms with Gasteiger partial charge in [-0.1, -0.05) is 0 Å². The minimum absolute atomic E-state index is 0.376. The molecule has 9 heavy (non-hydrogen) atoms. The molecule has 1 N–H and O–H groups in total. The van der Waals surface area contributed by atoms with Crippen LogP contribution in [0.5, 0.6) is 0 Å². The van der Waals surface area contributed by atoms with Crippen LogP contribution in [0.15, 0.2) is 0 Å². The van der Waals surface area contributed by atoms with Gasteiger partial charge in [-0.05, 0) is 6.42 Å². The van der Waals surface area contributed by atoms with Gasteiger partial charge in [-0.3, -0.25) is 0 Å². The normalized spacial score (nSPS) is 36.7. The maximum atomic E-state index is 5.15. The largest absolute Gasteiger partial charge is 0.380 e. The van der Waals surface area contributed by atoms with Crippen LogP contribution in [0.3, 0.4) is 0 Å². The van der Waals surface area contributed by atoms with E-state index in [1.807, 2.05) is 0 Å². The Morgan fingerprint density at radius 2 is 2.33 bits per heavy atom. The van der Waals surface area contributed by atoms with Gasteiger partial charge in [0.2, 0.25) is 0 Å². The number of hydrogen-bond acceptors (Lipinski definition) is 3. The summed E-state index contributed by atoms with van der Waals surface area (Å²) in [5, 5.41) is 3.71. The molecule has 54 valence electrons. The Morgan fingerprint density at radius 3 is 2.78 bits per heavy atom. The van der Waals surface area contributed by atoms with Gasteiger partial charge in [0.15, 0.2) is 0 Å². The van der Waals surface area contributed by atoms with E-state index in [2.05, 4.69) is 17.9 Å². The maximum Gasteiger partial charge on any atom is 0.0706 e. The van der Waals surface area contributed by atoms with E-state index in [1.54, 1.807) is 7.11 Å². The molecule has 2 atom stereocenters. The van der Waals surface area contributed by atoms with E-state index < -0.39 is 0 Å². The predicted octanol–water partition coefficient (Wildman–Crippen LogP) is 0.293. The number of methoxy groups -OCH3 is 1. The van der Waals surface area contributed by atoms with Crippen LogP contribution >= 0.6 is 12.6 Å². The summed E-state index contributed by atoms with van der Waals surface area (Å²) < 4.78 is 5.15. The van der Waals surface area contributed by atoms with Gasteiger partial charge in [-0.25, -0.2) is 0 Å². The minimum Gasteiger partial charge on any atom is -0.380 e. The highest BCUT2D eigenvalue weighted by Gasteiger charge is 2.17. The third-order valence-electron chi connectivity index (χ3n) is 1.62. The van der Waals surface area contributed by atoms with E-state index in [0.29, 0.717) is 11.4 Å². The molecule has 1 aliphatic rings. The van der Waals surface area contributed by atoms with Gasteiger partial charge in [-0.2, -0.15) is 12.6 Å². The molecule has 0 amide bonds. The lowest BCUT2D eigenvalue weighted by molar-refractivity contribution is 0.0831. The monoisotopic (exact) mass is 147 g/mol. The van der Waals surface area contributed by atoms with Crippen LogP contribution in [-0.4, -0.2) is 31.6 Å². The van der Waals surface area contributed by atoms with Gasteiger partial charge in [0.05, 0.1) is 6.10 Å². The molecule has 0 saturated carbocycles. The van der Waals surface area contributed by atoms with E-state index >= 15 is 0 Å². The zero-order valence-corrected chi connectivity index (χ0v) is 6.53. The van der Waals surface area contributed by atoms with Crippen LogP contribution in [-0.2, 0) is 4.74 Å². The first-order valence-electron chi connectivity index (χ1n) is 3.24. The molecular weight excluding hydrogens is 134 g/mol. The molecule has 1 saturated heterocycles. The van der Waals surface area contributed by atoms with Crippen molar-refractivity contribution < 1.29 is 4.74 Å². The Balaban J connectivity index is 2.23. The number of piperidine rings is 1. The van der Waals surface area contributed by atoms with Crippen molar-refractivity contribution in [2.75, 3.05) is 20.2 Å². The summed E-state index contributed by atoms with van der Waals surface area (Å²) in [6.45, 7) is 2.00. The molecule has 0 aromatic rings. The molecule has 0 unspecified atom stereocenters. The van der Waals surface area contributed by atoms with Crippen molar-refractivity contribution in [3.8, 4) is 0 Å². The summed E-state index contributed by atoms with van der Waals surface area (Å²) in [5.74, 6) is 0. The van der Waals surface area contributed by atoms with Crippen LogP contribution in [0.2, 0.25) is 0 Å². The van der Waals surface area contributed by atoms with E-state index in [1.165, 1.54) is 0 Å². The fourth-order valence-electron chi connectivity index (χ4n) is 1.06. The topological polar surface area (TPSA) is 21.3 Å². The molecule has 1 heterocycles. The molecule has 3 heteroatoms. The molecule has 1 fully saturated rings. The lowest BCUT2D eigenvalue weighted by atomic mass is 10.1. The second-order valence-corrected chi connectivity index (χ2v) is 3.14. The van der Waals surface area contributed by atoms with Crippen molar-refractivity contribution in [3.63, 3.8) is 0 Å². The fraction of sp³-hybridized carbons (Fsp3) is 1.00. The molecule has 2 nitrogen and oxygen atoms in total. The molecule has 1 aliphatic heterocycles. The molecule has 0 aromatic heterocycles. The zero-order valence-electron chi connectivity index (χ0n) is 5.63. The zero-order chi connectivity index (χ0) is 6.69. The SMILES string of the molecule is CO[C@H]1CNC[C@@H](S)C1. The number of nitrogens with one attached hydrogen (secondary N) is 1. The molecule has 0 radical (unpaired) electrons. The second kappa shape index (κ2) is 3.44. The summed E-state index contributed by atoms with van der Waals surface area (Å²) in [4.78, 5) is 0. The first-order valence-corrected chi connectivity index (χ1v) is 3.76. The van der Waals surface area contributed by atoms with Gasteiger partial charge >= 0.3 is 0 Å². The first-order chi connectivity index (χ1) is 4.33. The van der Waals surface area contributed by atoms with Crippen LogP contribution in [0, 0.1) is 0 Å². The van der Waals surface area contributed by atoms with E-state index in [-0.39, 0.29) is 0 Å². The Labute approximate surface area is 61.4 Å². The number of hydrogen-bond donors (Lipinski definition) is 2. The summed E-state index contributed by atoms with van der Waals surface area (Å²) in [6, 6.07) is 0. The average molecular weight is 147 g/mol. The second-order valence-electron chi connectivity index (χ2n) is 2.41. The Hall–Kier alpha value is 0.270. The van der Waals surface area contributed by atoms with Gasteiger partial charge in [0, 0.05) is 25.4 Å². The van der Waals surface area contributed by atoms with Crippen molar-refractivity contribution >= 4 is 12.6 Å². The average Bonchev–Trinajstić information content (AvgIpc) is 1.88. The quantitative estimate of drug-likeness (QED) is 0.520. The molecular formula is C6H13NOS. The van der Waals surface area contributed by atoms with Crippen molar-refractivity contribution in [2.24, 2.45) is 0 Å². The van der Waals surface area contributed by atoms with Gasteiger partial charge in [0.1, 0.15) is 0 Å². The smallest absolute Gasteiger partial charge is 0.0706 e. The predicted molar refractivity (Wildman–Crippen MR) is 41.1 cm³/mol. The Kier molecular flexibility index (Phi) is 2.82. The summed E-state index contributed by atoms with van der Waals surface area (Å²) in [5.41, 5.74) is 0.